The van der Waals surface area contributed by atoms with E-state index in [-0.39, 0.29) is 16.4 Å². The molecule has 29 heavy (non-hydrogen) atoms. The van der Waals surface area contributed by atoms with E-state index in [2.05, 4.69) is 66.4 Å². The van der Waals surface area contributed by atoms with Crippen molar-refractivity contribution in [2.75, 3.05) is 29.9 Å². The molecular weight excluding hydrogens is 384 g/mol. The van der Waals surface area contributed by atoms with Crippen molar-refractivity contribution in [3.05, 3.63) is 30.6 Å². The highest BCUT2D eigenvalue weighted by Crippen LogP contribution is 2.35. The molecule has 162 valence electrons. The Kier molecular flexibility index (Phi) is 8.46. The van der Waals surface area contributed by atoms with Crippen LogP contribution in [0.25, 0.3) is 0 Å². The molecule has 2 N–H and O–H groups in total. The molecule has 0 amide bonds. The Balaban J connectivity index is 1.83. The highest BCUT2D eigenvalue weighted by atomic mass is 35.5. The van der Waals surface area contributed by atoms with E-state index >= 15 is 0 Å². The summed E-state index contributed by atoms with van der Waals surface area (Å²) in [7, 11) is 0. The van der Waals surface area contributed by atoms with E-state index in [1.165, 1.54) is 25.7 Å². The minimum Gasteiger partial charge on any atom is -0.354 e. The smallest absolute Gasteiger partial charge is 0.232 e. The van der Waals surface area contributed by atoms with Gasteiger partial charge in [-0.2, -0.15) is 15.0 Å². The van der Waals surface area contributed by atoms with Gasteiger partial charge in [-0.05, 0) is 64.5 Å². The summed E-state index contributed by atoms with van der Waals surface area (Å²) in [5, 5.41) is 7.25. The number of rotatable bonds is 11. The molecule has 2 heterocycles. The van der Waals surface area contributed by atoms with E-state index in [4.69, 9.17) is 11.6 Å². The van der Waals surface area contributed by atoms with Gasteiger partial charge in [0, 0.05) is 30.7 Å². The molecule has 2 rings (SSSR count). The topological polar surface area (TPSA) is 66.0 Å². The summed E-state index contributed by atoms with van der Waals surface area (Å²) in [5.41, 5.74) is 0.427. The van der Waals surface area contributed by atoms with Gasteiger partial charge in [-0.3, -0.25) is 0 Å². The number of nitrogens with zero attached hydrogens (tertiary/aromatic N) is 4. The maximum atomic E-state index is 6.10. The van der Waals surface area contributed by atoms with Gasteiger partial charge in [0.2, 0.25) is 17.2 Å². The molecule has 0 unspecified atom stereocenters. The van der Waals surface area contributed by atoms with E-state index < -0.39 is 0 Å². The lowest BCUT2D eigenvalue weighted by Crippen LogP contribution is -2.57. The maximum Gasteiger partial charge on any atom is 0.232 e. The lowest BCUT2D eigenvalue weighted by molar-refractivity contribution is 0.122. The highest BCUT2D eigenvalue weighted by molar-refractivity contribution is 6.28. The first kappa shape index (κ1) is 23.6. The second kappa shape index (κ2) is 10.4. The monoisotopic (exact) mass is 420 g/mol. The van der Waals surface area contributed by atoms with Gasteiger partial charge in [0.05, 0.1) is 0 Å². The normalized spacial score (nSPS) is 18.2. The molecule has 1 aromatic rings. The Hall–Kier alpha value is -1.66. The van der Waals surface area contributed by atoms with Gasteiger partial charge in [-0.15, -0.1) is 13.2 Å². The Morgan fingerprint density at radius 2 is 1.69 bits per heavy atom. The van der Waals surface area contributed by atoms with E-state index in [1.54, 1.807) is 12.2 Å². The molecule has 0 spiro atoms. The fourth-order valence-electron chi connectivity index (χ4n) is 4.61. The van der Waals surface area contributed by atoms with Crippen molar-refractivity contribution in [3.63, 3.8) is 0 Å². The van der Waals surface area contributed by atoms with Gasteiger partial charge in [-0.1, -0.05) is 25.0 Å². The molecule has 6 nitrogen and oxygen atoms in total. The van der Waals surface area contributed by atoms with Crippen LogP contribution in [0.4, 0.5) is 11.9 Å². The van der Waals surface area contributed by atoms with Crippen molar-refractivity contribution >= 4 is 23.5 Å². The fraction of sp³-hybridized carbons (Fsp3) is 0.682. The van der Waals surface area contributed by atoms with Gasteiger partial charge < -0.3 is 15.5 Å². The van der Waals surface area contributed by atoms with Gasteiger partial charge in [0.1, 0.15) is 0 Å². The van der Waals surface area contributed by atoms with Crippen LogP contribution in [0.5, 0.6) is 0 Å². The SMILES string of the molecule is C=CCN(CC=C)c1nc(Cl)nc(NCCCCC2CC(C)(C)NC(C)(C)C2)n1. The third kappa shape index (κ3) is 7.94. The van der Waals surface area contributed by atoms with Crippen LogP contribution in [-0.2, 0) is 0 Å². The number of nitrogens with one attached hydrogen (secondary N) is 2. The number of halogens is 1. The van der Waals surface area contributed by atoms with Crippen LogP contribution in [0.1, 0.15) is 59.8 Å². The summed E-state index contributed by atoms with van der Waals surface area (Å²) in [6.07, 6.45) is 9.60. The van der Waals surface area contributed by atoms with E-state index in [1.807, 2.05) is 4.90 Å². The van der Waals surface area contributed by atoms with Gasteiger partial charge in [-0.25, -0.2) is 0 Å². The van der Waals surface area contributed by atoms with Crippen molar-refractivity contribution in [1.29, 1.82) is 0 Å². The standard InChI is InChI=1S/C22H37ClN6/c1-7-13-29(14-8-2)20-26-18(23)25-19(27-20)24-12-10-9-11-17-15-21(3,4)28-22(5,6)16-17/h7-8,17,28H,1-2,9-16H2,3-6H3,(H,24,25,26,27). The van der Waals surface area contributed by atoms with Crippen molar-refractivity contribution in [1.82, 2.24) is 20.3 Å². The third-order valence-corrected chi connectivity index (χ3v) is 5.34. The zero-order valence-electron chi connectivity index (χ0n) is 18.5. The molecule has 0 saturated carbocycles. The second-order valence-corrected chi connectivity index (χ2v) is 9.64. The van der Waals surface area contributed by atoms with Gasteiger partial charge in [0.25, 0.3) is 0 Å². The maximum absolute atomic E-state index is 6.10. The van der Waals surface area contributed by atoms with Crippen LogP contribution in [-0.4, -0.2) is 45.7 Å². The van der Waals surface area contributed by atoms with Crippen LogP contribution >= 0.6 is 11.6 Å². The quantitative estimate of drug-likeness (QED) is 0.394. The lowest BCUT2D eigenvalue weighted by Gasteiger charge is -2.46. The first-order chi connectivity index (χ1) is 13.6. The van der Waals surface area contributed by atoms with E-state index in [0.717, 1.165) is 18.9 Å². The molecule has 0 aliphatic carbocycles. The minimum absolute atomic E-state index is 0.190. The fourth-order valence-corrected chi connectivity index (χ4v) is 4.76. The Bertz CT molecular complexity index is 662. The summed E-state index contributed by atoms with van der Waals surface area (Å²) in [6.45, 7) is 18.9. The first-order valence-corrected chi connectivity index (χ1v) is 10.9. The third-order valence-electron chi connectivity index (χ3n) is 5.18. The molecule has 7 heteroatoms. The average Bonchev–Trinajstić information content (AvgIpc) is 2.58. The number of aromatic nitrogens is 3. The van der Waals surface area contributed by atoms with E-state index in [0.29, 0.717) is 25.0 Å². The number of unbranched alkanes of at least 4 members (excludes halogenated alkanes) is 1. The Morgan fingerprint density at radius 1 is 1.07 bits per heavy atom. The summed E-state index contributed by atoms with van der Waals surface area (Å²) in [5.74, 6) is 1.82. The molecular formula is C22H37ClN6. The molecule has 0 bridgehead atoms. The molecule has 0 atom stereocenters. The second-order valence-electron chi connectivity index (χ2n) is 9.30. The Morgan fingerprint density at radius 3 is 2.28 bits per heavy atom. The average molecular weight is 421 g/mol. The van der Waals surface area contributed by atoms with Crippen LogP contribution in [0.2, 0.25) is 5.28 Å². The van der Waals surface area contributed by atoms with Gasteiger partial charge >= 0.3 is 0 Å². The lowest BCUT2D eigenvalue weighted by atomic mass is 9.74. The molecule has 1 aliphatic heterocycles. The Labute approximate surface area is 181 Å². The molecule has 1 aromatic heterocycles. The molecule has 1 fully saturated rings. The van der Waals surface area contributed by atoms with E-state index in [9.17, 15) is 0 Å². The first-order valence-electron chi connectivity index (χ1n) is 10.6. The number of anilines is 2. The molecule has 1 saturated heterocycles. The van der Waals surface area contributed by atoms with Crippen LogP contribution in [0.15, 0.2) is 25.3 Å². The highest BCUT2D eigenvalue weighted by Gasteiger charge is 2.37. The molecule has 1 aliphatic rings. The predicted molar refractivity (Wildman–Crippen MR) is 124 cm³/mol. The van der Waals surface area contributed by atoms with Crippen molar-refractivity contribution < 1.29 is 0 Å². The van der Waals surface area contributed by atoms with Crippen molar-refractivity contribution in [2.45, 2.75) is 70.9 Å². The summed E-state index contributed by atoms with van der Waals surface area (Å²) in [6, 6.07) is 0. The minimum atomic E-state index is 0.190. The number of hydrogen-bond acceptors (Lipinski definition) is 6. The van der Waals surface area contributed by atoms with Crippen molar-refractivity contribution in [3.8, 4) is 0 Å². The zero-order valence-corrected chi connectivity index (χ0v) is 19.2. The van der Waals surface area contributed by atoms with Crippen LogP contribution in [0, 0.1) is 5.92 Å². The zero-order chi connectivity index (χ0) is 21.5. The summed E-state index contributed by atoms with van der Waals surface area (Å²) >= 11 is 6.10. The molecule has 0 radical (unpaired) electrons. The molecule has 0 aromatic carbocycles. The summed E-state index contributed by atoms with van der Waals surface area (Å²) in [4.78, 5) is 14.9. The largest absolute Gasteiger partial charge is 0.354 e. The number of hydrogen-bond donors (Lipinski definition) is 2. The predicted octanol–water partition coefficient (Wildman–Crippen LogP) is 4.84. The summed E-state index contributed by atoms with van der Waals surface area (Å²) < 4.78 is 0. The van der Waals surface area contributed by atoms with Gasteiger partial charge in [0.15, 0.2) is 0 Å². The number of piperidine rings is 1. The van der Waals surface area contributed by atoms with Crippen LogP contribution in [0.3, 0.4) is 0 Å². The van der Waals surface area contributed by atoms with Crippen molar-refractivity contribution in [2.24, 2.45) is 5.92 Å². The van der Waals surface area contributed by atoms with Crippen LogP contribution < -0.4 is 15.5 Å².